The molecule has 1 amide bonds. The van der Waals surface area contributed by atoms with Crippen molar-refractivity contribution in [2.24, 2.45) is 11.7 Å². The highest BCUT2D eigenvalue weighted by molar-refractivity contribution is 5.64. The van der Waals surface area contributed by atoms with Gasteiger partial charge in [-0.1, -0.05) is 0 Å². The van der Waals surface area contributed by atoms with Gasteiger partial charge in [-0.2, -0.15) is 0 Å². The third kappa shape index (κ3) is 2.38. The van der Waals surface area contributed by atoms with E-state index in [1.165, 1.54) is 0 Å². The van der Waals surface area contributed by atoms with Crippen molar-refractivity contribution >= 4 is 6.09 Å². The van der Waals surface area contributed by atoms with Gasteiger partial charge in [0.25, 0.3) is 0 Å². The van der Waals surface area contributed by atoms with Gasteiger partial charge in [-0.25, -0.2) is 4.79 Å². The van der Waals surface area contributed by atoms with Crippen LogP contribution in [0, 0.1) is 5.92 Å². The third-order valence-electron chi connectivity index (χ3n) is 1.97. The quantitative estimate of drug-likeness (QED) is 0.611. The summed E-state index contributed by atoms with van der Waals surface area (Å²) < 4.78 is 4.77. The molecule has 0 heterocycles. The Morgan fingerprint density at radius 3 is 2.82 bits per heavy atom. The minimum absolute atomic E-state index is 0.0749. The second kappa shape index (κ2) is 3.57. The second-order valence-electron chi connectivity index (χ2n) is 2.95. The zero-order chi connectivity index (χ0) is 8.27. The standard InChI is InChI=1S/C7H14N2O2/c1-9-4-5-2-6(3-5)11-7(8)10/h5-6,9H,2-4H2,1H3,(H2,8,10). The number of hydrogen-bond acceptors (Lipinski definition) is 3. The number of ether oxygens (including phenoxy) is 1. The molecule has 1 fully saturated rings. The van der Waals surface area contributed by atoms with Crippen LogP contribution in [0.15, 0.2) is 0 Å². The molecule has 0 aromatic rings. The van der Waals surface area contributed by atoms with Crippen LogP contribution >= 0.6 is 0 Å². The smallest absolute Gasteiger partial charge is 0.404 e. The topological polar surface area (TPSA) is 64.3 Å². The first-order valence-corrected chi connectivity index (χ1v) is 3.83. The van der Waals surface area contributed by atoms with E-state index in [0.717, 1.165) is 19.4 Å². The molecule has 1 aliphatic rings. The van der Waals surface area contributed by atoms with Gasteiger partial charge >= 0.3 is 6.09 Å². The van der Waals surface area contributed by atoms with Gasteiger partial charge in [0.1, 0.15) is 6.10 Å². The van der Waals surface area contributed by atoms with Gasteiger partial charge in [-0.05, 0) is 32.4 Å². The van der Waals surface area contributed by atoms with Gasteiger partial charge in [-0.15, -0.1) is 0 Å². The molecule has 0 atom stereocenters. The molecule has 0 spiro atoms. The number of carbonyl (C=O) groups is 1. The largest absolute Gasteiger partial charge is 0.446 e. The van der Waals surface area contributed by atoms with Crippen molar-refractivity contribution in [2.75, 3.05) is 13.6 Å². The Bertz CT molecular complexity index is 143. The monoisotopic (exact) mass is 158 g/mol. The van der Waals surface area contributed by atoms with Crippen LogP contribution in [0.3, 0.4) is 0 Å². The zero-order valence-corrected chi connectivity index (χ0v) is 6.67. The first-order chi connectivity index (χ1) is 5.22. The Morgan fingerprint density at radius 1 is 1.73 bits per heavy atom. The summed E-state index contributed by atoms with van der Waals surface area (Å²) in [5.41, 5.74) is 4.85. The fourth-order valence-corrected chi connectivity index (χ4v) is 1.39. The van der Waals surface area contributed by atoms with Crippen LogP contribution in [0.25, 0.3) is 0 Å². The number of nitrogens with two attached hydrogens (primary N) is 1. The minimum atomic E-state index is -0.655. The zero-order valence-electron chi connectivity index (χ0n) is 6.67. The molecule has 11 heavy (non-hydrogen) atoms. The lowest BCUT2D eigenvalue weighted by Gasteiger charge is -2.33. The van der Waals surface area contributed by atoms with Gasteiger partial charge in [0.2, 0.25) is 0 Å². The summed E-state index contributed by atoms with van der Waals surface area (Å²) in [4.78, 5) is 10.3. The van der Waals surface area contributed by atoms with E-state index < -0.39 is 6.09 Å². The predicted octanol–water partition coefficient (Wildman–Crippen LogP) is 0.0797. The van der Waals surface area contributed by atoms with Crippen molar-refractivity contribution in [3.8, 4) is 0 Å². The molecule has 1 rings (SSSR count). The number of rotatable bonds is 3. The summed E-state index contributed by atoms with van der Waals surface area (Å²) in [7, 11) is 1.92. The summed E-state index contributed by atoms with van der Waals surface area (Å²) in [5, 5.41) is 3.07. The highest BCUT2D eigenvalue weighted by Gasteiger charge is 2.30. The summed E-state index contributed by atoms with van der Waals surface area (Å²) >= 11 is 0. The Morgan fingerprint density at radius 2 is 2.36 bits per heavy atom. The van der Waals surface area contributed by atoms with Gasteiger partial charge < -0.3 is 15.8 Å². The van der Waals surface area contributed by atoms with Crippen LogP contribution in [0.5, 0.6) is 0 Å². The lowest BCUT2D eigenvalue weighted by molar-refractivity contribution is 0.0232. The third-order valence-corrected chi connectivity index (χ3v) is 1.97. The lowest BCUT2D eigenvalue weighted by Crippen LogP contribution is -2.39. The molecule has 0 aliphatic heterocycles. The van der Waals surface area contributed by atoms with E-state index in [2.05, 4.69) is 5.32 Å². The summed E-state index contributed by atoms with van der Waals surface area (Å²) in [6.45, 7) is 0.999. The number of hydrogen-bond donors (Lipinski definition) is 2. The average Bonchev–Trinajstić information content (AvgIpc) is 1.82. The van der Waals surface area contributed by atoms with Gasteiger partial charge in [0, 0.05) is 0 Å². The molecule has 0 radical (unpaired) electrons. The Balaban J connectivity index is 2.04. The van der Waals surface area contributed by atoms with E-state index in [9.17, 15) is 4.79 Å². The van der Waals surface area contributed by atoms with Crippen molar-refractivity contribution in [3.05, 3.63) is 0 Å². The van der Waals surface area contributed by atoms with E-state index in [1.54, 1.807) is 0 Å². The number of carbonyl (C=O) groups excluding carboxylic acids is 1. The van der Waals surface area contributed by atoms with E-state index in [-0.39, 0.29) is 6.10 Å². The Hall–Kier alpha value is -0.770. The normalized spacial score (nSPS) is 29.2. The molecule has 64 valence electrons. The molecular weight excluding hydrogens is 144 g/mol. The molecule has 1 saturated carbocycles. The molecule has 0 aromatic carbocycles. The van der Waals surface area contributed by atoms with E-state index in [1.807, 2.05) is 7.05 Å². The minimum Gasteiger partial charge on any atom is -0.446 e. The fourth-order valence-electron chi connectivity index (χ4n) is 1.39. The maximum Gasteiger partial charge on any atom is 0.404 e. The molecule has 0 aromatic heterocycles. The van der Waals surface area contributed by atoms with Crippen LogP contribution in [0.4, 0.5) is 4.79 Å². The van der Waals surface area contributed by atoms with E-state index in [0.29, 0.717) is 5.92 Å². The number of primary amides is 1. The average molecular weight is 158 g/mol. The number of amides is 1. The summed E-state index contributed by atoms with van der Waals surface area (Å²) in [6.07, 6.45) is 1.32. The first-order valence-electron chi connectivity index (χ1n) is 3.83. The van der Waals surface area contributed by atoms with Crippen molar-refractivity contribution in [3.63, 3.8) is 0 Å². The fraction of sp³-hybridized carbons (Fsp3) is 0.857. The molecular formula is C7H14N2O2. The molecule has 3 N–H and O–H groups in total. The molecule has 4 nitrogen and oxygen atoms in total. The van der Waals surface area contributed by atoms with Crippen molar-refractivity contribution in [2.45, 2.75) is 18.9 Å². The van der Waals surface area contributed by atoms with Crippen molar-refractivity contribution < 1.29 is 9.53 Å². The van der Waals surface area contributed by atoms with Crippen LogP contribution in [-0.2, 0) is 4.74 Å². The van der Waals surface area contributed by atoms with Crippen molar-refractivity contribution in [1.29, 1.82) is 0 Å². The van der Waals surface area contributed by atoms with Gasteiger partial charge in [-0.3, -0.25) is 0 Å². The molecule has 0 bridgehead atoms. The van der Waals surface area contributed by atoms with E-state index >= 15 is 0 Å². The summed E-state index contributed by atoms with van der Waals surface area (Å²) in [6, 6.07) is 0. The maximum atomic E-state index is 10.3. The first kappa shape index (κ1) is 8.33. The molecule has 0 unspecified atom stereocenters. The molecule has 4 heteroatoms. The van der Waals surface area contributed by atoms with Gasteiger partial charge in [0.15, 0.2) is 0 Å². The summed E-state index contributed by atoms with van der Waals surface area (Å²) in [5.74, 6) is 0.657. The second-order valence-corrected chi connectivity index (χ2v) is 2.95. The Kier molecular flexibility index (Phi) is 2.70. The molecule has 0 saturated heterocycles. The van der Waals surface area contributed by atoms with Crippen LogP contribution < -0.4 is 11.1 Å². The predicted molar refractivity (Wildman–Crippen MR) is 41.1 cm³/mol. The van der Waals surface area contributed by atoms with Crippen LogP contribution in [0.2, 0.25) is 0 Å². The SMILES string of the molecule is CNCC1CC(OC(N)=O)C1. The van der Waals surface area contributed by atoms with E-state index in [4.69, 9.17) is 10.5 Å². The maximum absolute atomic E-state index is 10.3. The van der Waals surface area contributed by atoms with Crippen LogP contribution in [-0.4, -0.2) is 25.8 Å². The highest BCUT2D eigenvalue weighted by Crippen LogP contribution is 2.29. The van der Waals surface area contributed by atoms with Gasteiger partial charge in [0.05, 0.1) is 0 Å². The molecule has 1 aliphatic carbocycles. The highest BCUT2D eigenvalue weighted by atomic mass is 16.6. The van der Waals surface area contributed by atoms with Crippen molar-refractivity contribution in [1.82, 2.24) is 5.32 Å². The van der Waals surface area contributed by atoms with Crippen LogP contribution in [0.1, 0.15) is 12.8 Å². The Labute approximate surface area is 66.1 Å². The number of nitrogens with one attached hydrogen (secondary N) is 1. The lowest BCUT2D eigenvalue weighted by atomic mass is 9.82.